The van der Waals surface area contributed by atoms with Gasteiger partial charge in [-0.25, -0.2) is 15.0 Å². The lowest BCUT2D eigenvalue weighted by Gasteiger charge is -2.16. The Labute approximate surface area is 361 Å². The highest BCUT2D eigenvalue weighted by Gasteiger charge is 2.17. The molecule has 3 nitrogen and oxygen atoms in total. The Morgan fingerprint density at radius 2 is 0.581 bits per heavy atom. The van der Waals surface area contributed by atoms with Gasteiger partial charge in [-0.3, -0.25) is 0 Å². The SMILES string of the molecule is c1ccc(-c2ccc(-c3cc(-c4ccc(-c5cc6nc(-c7ccccc7)cc(-c7ccccc7)c6c6ccccc56)cc4)nc(-c4ccc(-c5ccccc5)cc4)n3)cc2)cc1. The van der Waals surface area contributed by atoms with E-state index in [1.807, 2.05) is 18.2 Å². The number of fused-ring (bicyclic) bond motifs is 3. The van der Waals surface area contributed by atoms with Crippen molar-refractivity contribution in [1.29, 1.82) is 0 Å². The molecule has 0 radical (unpaired) electrons. The van der Waals surface area contributed by atoms with E-state index in [0.717, 1.165) is 66.9 Å². The lowest BCUT2D eigenvalue weighted by atomic mass is 9.90. The third-order valence-electron chi connectivity index (χ3n) is 11.7. The summed E-state index contributed by atoms with van der Waals surface area (Å²) in [6.45, 7) is 0. The van der Waals surface area contributed by atoms with Gasteiger partial charge in [0.15, 0.2) is 5.82 Å². The van der Waals surface area contributed by atoms with E-state index in [1.165, 1.54) is 38.6 Å². The van der Waals surface area contributed by atoms with E-state index in [9.17, 15) is 0 Å². The monoisotopic (exact) mass is 789 g/mol. The van der Waals surface area contributed by atoms with Crippen LogP contribution in [0.4, 0.5) is 0 Å². The topological polar surface area (TPSA) is 38.7 Å². The molecule has 0 atom stereocenters. The van der Waals surface area contributed by atoms with Gasteiger partial charge in [0.2, 0.25) is 0 Å². The molecule has 0 unspecified atom stereocenters. The first-order chi connectivity index (χ1) is 30.7. The van der Waals surface area contributed by atoms with Gasteiger partial charge in [-0.1, -0.05) is 218 Å². The molecule has 0 aliphatic rings. The summed E-state index contributed by atoms with van der Waals surface area (Å²) >= 11 is 0. The summed E-state index contributed by atoms with van der Waals surface area (Å²) < 4.78 is 0. The second kappa shape index (κ2) is 16.1. The fraction of sp³-hybridized carbons (Fsp3) is 0. The van der Waals surface area contributed by atoms with Crippen molar-refractivity contribution in [2.45, 2.75) is 0 Å². The van der Waals surface area contributed by atoms with E-state index >= 15 is 0 Å². The maximum Gasteiger partial charge on any atom is 0.160 e. The van der Waals surface area contributed by atoms with E-state index in [-0.39, 0.29) is 0 Å². The fourth-order valence-corrected chi connectivity index (χ4v) is 8.54. The van der Waals surface area contributed by atoms with Gasteiger partial charge in [-0.15, -0.1) is 0 Å². The Morgan fingerprint density at radius 3 is 1.11 bits per heavy atom. The molecule has 0 bridgehead atoms. The Kier molecular flexibility index (Phi) is 9.53. The predicted molar refractivity (Wildman–Crippen MR) is 258 cm³/mol. The summed E-state index contributed by atoms with van der Waals surface area (Å²) in [6.07, 6.45) is 0. The molecule has 0 N–H and O–H groups in total. The Bertz CT molecular complexity index is 3230. The molecule has 0 spiro atoms. The van der Waals surface area contributed by atoms with Gasteiger partial charge >= 0.3 is 0 Å². The first-order valence-electron chi connectivity index (χ1n) is 21.0. The molecule has 290 valence electrons. The third-order valence-corrected chi connectivity index (χ3v) is 11.7. The van der Waals surface area contributed by atoms with E-state index in [1.54, 1.807) is 0 Å². The minimum absolute atomic E-state index is 0.684. The number of nitrogens with zero attached hydrogens (tertiary/aromatic N) is 3. The normalized spacial score (nSPS) is 11.2. The van der Waals surface area contributed by atoms with Crippen LogP contribution in [-0.4, -0.2) is 15.0 Å². The van der Waals surface area contributed by atoms with Crippen molar-refractivity contribution in [2.75, 3.05) is 0 Å². The molecule has 11 rings (SSSR count). The van der Waals surface area contributed by atoms with Crippen molar-refractivity contribution < 1.29 is 0 Å². The third kappa shape index (κ3) is 7.12. The van der Waals surface area contributed by atoms with Crippen LogP contribution in [0.15, 0.2) is 237 Å². The Morgan fingerprint density at radius 1 is 0.226 bits per heavy atom. The summed E-state index contributed by atoms with van der Waals surface area (Å²) in [6, 6.07) is 83.4. The molecule has 3 heteroatoms. The largest absolute Gasteiger partial charge is 0.248 e. The zero-order valence-electron chi connectivity index (χ0n) is 33.9. The predicted octanol–water partition coefficient (Wildman–Crippen LogP) is 15.5. The summed E-state index contributed by atoms with van der Waals surface area (Å²) in [5, 5.41) is 3.52. The van der Waals surface area contributed by atoms with Crippen LogP contribution in [0.25, 0.3) is 111 Å². The highest BCUT2D eigenvalue weighted by molar-refractivity contribution is 6.18. The number of rotatable bonds is 8. The lowest BCUT2D eigenvalue weighted by molar-refractivity contribution is 1.18. The maximum atomic E-state index is 5.34. The van der Waals surface area contributed by atoms with Crippen LogP contribution in [0.2, 0.25) is 0 Å². The number of aromatic nitrogens is 3. The van der Waals surface area contributed by atoms with Crippen molar-refractivity contribution in [3.8, 4) is 89.7 Å². The smallest absolute Gasteiger partial charge is 0.160 e. The van der Waals surface area contributed by atoms with Gasteiger partial charge < -0.3 is 0 Å². The quantitative estimate of drug-likeness (QED) is 0.144. The Hall–Kier alpha value is -8.27. The van der Waals surface area contributed by atoms with Gasteiger partial charge in [-0.05, 0) is 73.5 Å². The first kappa shape index (κ1) is 36.8. The van der Waals surface area contributed by atoms with Crippen molar-refractivity contribution >= 4 is 21.7 Å². The molecule has 0 saturated heterocycles. The van der Waals surface area contributed by atoms with Crippen LogP contribution < -0.4 is 0 Å². The van der Waals surface area contributed by atoms with Crippen molar-refractivity contribution in [1.82, 2.24) is 15.0 Å². The van der Waals surface area contributed by atoms with Crippen LogP contribution in [0.5, 0.6) is 0 Å². The molecule has 0 aliphatic heterocycles. The average Bonchev–Trinajstić information content (AvgIpc) is 3.37. The van der Waals surface area contributed by atoms with Crippen LogP contribution in [-0.2, 0) is 0 Å². The number of hydrogen-bond donors (Lipinski definition) is 0. The molecular weight excluding hydrogens is 751 g/mol. The first-order valence-corrected chi connectivity index (χ1v) is 21.0. The average molecular weight is 790 g/mol. The molecule has 2 heterocycles. The molecule has 9 aromatic carbocycles. The second-order valence-corrected chi connectivity index (χ2v) is 15.6. The van der Waals surface area contributed by atoms with E-state index in [4.69, 9.17) is 15.0 Å². The van der Waals surface area contributed by atoms with E-state index in [2.05, 4.69) is 218 Å². The lowest BCUT2D eigenvalue weighted by Crippen LogP contribution is -1.96. The molecule has 0 aliphatic carbocycles. The molecule has 0 saturated carbocycles. The zero-order chi connectivity index (χ0) is 41.2. The van der Waals surface area contributed by atoms with Crippen molar-refractivity contribution in [3.05, 3.63) is 237 Å². The molecular formula is C59H39N3. The Balaban J connectivity index is 1.02. The number of hydrogen-bond acceptors (Lipinski definition) is 3. The van der Waals surface area contributed by atoms with Gasteiger partial charge in [-0.2, -0.15) is 0 Å². The van der Waals surface area contributed by atoms with Crippen LogP contribution >= 0.6 is 0 Å². The molecule has 11 aromatic rings. The standard InChI is InChI=1S/C59H39N3/c1-5-15-40(16-6-1)42-25-31-47(32-26-42)55-39-56(62-59(61-55)49-35-27-43(28-36-49)41-17-7-2-8-18-41)48-33-29-45(30-34-48)52-37-57-58(51-24-14-13-23-50(51)52)53(44-19-9-3-10-20-44)38-54(60-57)46-21-11-4-12-22-46/h1-39H. The number of pyridine rings is 1. The fourth-order valence-electron chi connectivity index (χ4n) is 8.54. The number of benzene rings is 9. The van der Waals surface area contributed by atoms with Gasteiger partial charge in [0, 0.05) is 27.6 Å². The molecule has 0 amide bonds. The summed E-state index contributed by atoms with van der Waals surface area (Å²) in [7, 11) is 0. The highest BCUT2D eigenvalue weighted by atomic mass is 14.9. The van der Waals surface area contributed by atoms with Crippen LogP contribution in [0.3, 0.4) is 0 Å². The van der Waals surface area contributed by atoms with Gasteiger partial charge in [0.25, 0.3) is 0 Å². The van der Waals surface area contributed by atoms with Crippen LogP contribution in [0.1, 0.15) is 0 Å². The molecule has 0 fully saturated rings. The summed E-state index contributed by atoms with van der Waals surface area (Å²) in [5.41, 5.74) is 17.0. The molecule has 62 heavy (non-hydrogen) atoms. The highest BCUT2D eigenvalue weighted by Crippen LogP contribution is 2.41. The summed E-state index contributed by atoms with van der Waals surface area (Å²) in [4.78, 5) is 15.7. The zero-order valence-corrected chi connectivity index (χ0v) is 33.9. The van der Waals surface area contributed by atoms with E-state index < -0.39 is 0 Å². The van der Waals surface area contributed by atoms with Gasteiger partial charge in [0.05, 0.1) is 22.6 Å². The minimum atomic E-state index is 0.684. The summed E-state index contributed by atoms with van der Waals surface area (Å²) in [5.74, 6) is 0.684. The minimum Gasteiger partial charge on any atom is -0.248 e. The van der Waals surface area contributed by atoms with Crippen molar-refractivity contribution in [3.63, 3.8) is 0 Å². The van der Waals surface area contributed by atoms with Gasteiger partial charge in [0.1, 0.15) is 0 Å². The maximum absolute atomic E-state index is 5.34. The van der Waals surface area contributed by atoms with E-state index in [0.29, 0.717) is 5.82 Å². The second-order valence-electron chi connectivity index (χ2n) is 15.6. The molecule has 2 aromatic heterocycles. The van der Waals surface area contributed by atoms with Crippen molar-refractivity contribution in [2.24, 2.45) is 0 Å². The van der Waals surface area contributed by atoms with Crippen LogP contribution in [0, 0.1) is 0 Å².